The minimum atomic E-state index is -0.199. The van der Waals surface area contributed by atoms with E-state index < -0.39 is 0 Å². The molecule has 2 aromatic heterocycles. The zero-order chi connectivity index (χ0) is 20.2. The summed E-state index contributed by atoms with van der Waals surface area (Å²) in [5.74, 6) is 1.04. The summed E-state index contributed by atoms with van der Waals surface area (Å²) >= 11 is 1.37. The van der Waals surface area contributed by atoms with Crippen LogP contribution in [0.25, 0.3) is 22.7 Å². The molecule has 0 aliphatic heterocycles. The number of nitrogens with one attached hydrogen (secondary N) is 1. The number of carbonyl (C=O) groups is 1. The molecule has 2 heterocycles. The van der Waals surface area contributed by atoms with Crippen LogP contribution in [0.3, 0.4) is 0 Å². The summed E-state index contributed by atoms with van der Waals surface area (Å²) in [6.07, 6.45) is 1.62. The van der Waals surface area contributed by atoms with Gasteiger partial charge in [0, 0.05) is 16.5 Å². The average Bonchev–Trinajstić information content (AvgIpc) is 3.38. The fourth-order valence-electron chi connectivity index (χ4n) is 2.91. The molecule has 2 aromatic carbocycles. The van der Waals surface area contributed by atoms with Crippen LogP contribution in [0.4, 0.5) is 5.13 Å². The monoisotopic (exact) mass is 405 g/mol. The van der Waals surface area contributed by atoms with E-state index in [1.54, 1.807) is 7.11 Å². The van der Waals surface area contributed by atoms with Crippen molar-refractivity contribution in [2.75, 3.05) is 12.4 Å². The maximum Gasteiger partial charge on any atom is 0.232 e. The lowest BCUT2D eigenvalue weighted by Crippen LogP contribution is -2.14. The normalized spacial score (nSPS) is 10.7. The first kappa shape index (κ1) is 18.9. The molecule has 0 bridgehead atoms. The van der Waals surface area contributed by atoms with E-state index in [9.17, 15) is 4.79 Å². The number of aryl methyl sites for hydroxylation is 1. The smallest absolute Gasteiger partial charge is 0.232 e. The molecular formula is C22H19N3O3S. The molecule has 1 N–H and O–H groups in total. The Labute approximate surface area is 172 Å². The largest absolute Gasteiger partial charge is 0.496 e. The van der Waals surface area contributed by atoms with Gasteiger partial charge in [-0.05, 0) is 31.2 Å². The Morgan fingerprint density at radius 1 is 1.17 bits per heavy atom. The van der Waals surface area contributed by atoms with E-state index >= 15 is 0 Å². The van der Waals surface area contributed by atoms with Crippen molar-refractivity contribution in [2.45, 2.75) is 13.3 Å². The number of methoxy groups -OCH3 is 1. The van der Waals surface area contributed by atoms with Crippen molar-refractivity contribution in [1.82, 2.24) is 9.97 Å². The molecule has 0 fully saturated rings. The third-order valence-corrected chi connectivity index (χ3v) is 5.05. The lowest BCUT2D eigenvalue weighted by atomic mass is 10.1. The van der Waals surface area contributed by atoms with E-state index in [2.05, 4.69) is 15.3 Å². The second-order valence-corrected chi connectivity index (χ2v) is 7.33. The zero-order valence-electron chi connectivity index (χ0n) is 16.0. The van der Waals surface area contributed by atoms with Crippen molar-refractivity contribution >= 4 is 22.4 Å². The zero-order valence-corrected chi connectivity index (χ0v) is 16.8. The number of ether oxygens (including phenoxy) is 1. The van der Waals surface area contributed by atoms with Gasteiger partial charge in [0.1, 0.15) is 12.0 Å². The van der Waals surface area contributed by atoms with Crippen molar-refractivity contribution in [3.8, 4) is 28.5 Å². The lowest BCUT2D eigenvalue weighted by Gasteiger charge is -2.07. The number of rotatable bonds is 6. The van der Waals surface area contributed by atoms with Crippen molar-refractivity contribution in [3.05, 3.63) is 71.4 Å². The third kappa shape index (κ3) is 4.35. The van der Waals surface area contributed by atoms with Crippen molar-refractivity contribution in [1.29, 1.82) is 0 Å². The molecule has 1 amide bonds. The van der Waals surface area contributed by atoms with Crippen LogP contribution in [-0.2, 0) is 11.2 Å². The molecule has 0 saturated carbocycles. The highest BCUT2D eigenvalue weighted by molar-refractivity contribution is 7.14. The van der Waals surface area contributed by atoms with Gasteiger partial charge in [0.05, 0.1) is 24.9 Å². The molecule has 7 heteroatoms. The number of hydrogen-bond donors (Lipinski definition) is 1. The Balaban J connectivity index is 1.44. The van der Waals surface area contributed by atoms with E-state index in [-0.39, 0.29) is 12.3 Å². The number of nitrogens with zero attached hydrogens (tertiary/aromatic N) is 2. The number of anilines is 1. The molecule has 146 valence electrons. The molecule has 0 unspecified atom stereocenters. The van der Waals surface area contributed by atoms with Gasteiger partial charge in [-0.1, -0.05) is 29.8 Å². The third-order valence-electron chi connectivity index (χ3n) is 4.30. The second kappa shape index (κ2) is 8.28. The van der Waals surface area contributed by atoms with Crippen LogP contribution < -0.4 is 10.1 Å². The molecule has 0 aliphatic rings. The number of aromatic nitrogens is 2. The molecule has 6 nitrogen and oxygen atoms in total. The van der Waals surface area contributed by atoms with Gasteiger partial charge in [0.15, 0.2) is 5.13 Å². The highest BCUT2D eigenvalue weighted by Crippen LogP contribution is 2.33. The van der Waals surface area contributed by atoms with Gasteiger partial charge in [-0.15, -0.1) is 11.3 Å². The maximum absolute atomic E-state index is 12.4. The van der Waals surface area contributed by atoms with Gasteiger partial charge >= 0.3 is 0 Å². The first-order chi connectivity index (χ1) is 14.1. The van der Waals surface area contributed by atoms with E-state index in [0.29, 0.717) is 16.7 Å². The lowest BCUT2D eigenvalue weighted by molar-refractivity contribution is -0.115. The number of hydrogen-bond acceptors (Lipinski definition) is 6. The summed E-state index contributed by atoms with van der Waals surface area (Å²) in [5.41, 5.74) is 4.21. The van der Waals surface area contributed by atoms with Gasteiger partial charge in [0.25, 0.3) is 0 Å². The Hall–Kier alpha value is -3.45. The van der Waals surface area contributed by atoms with Gasteiger partial charge in [0.2, 0.25) is 11.8 Å². The Morgan fingerprint density at radius 3 is 2.79 bits per heavy atom. The minimum absolute atomic E-state index is 0.110. The Morgan fingerprint density at radius 2 is 2.00 bits per heavy atom. The van der Waals surface area contributed by atoms with Gasteiger partial charge in [-0.25, -0.2) is 9.97 Å². The van der Waals surface area contributed by atoms with Crippen LogP contribution in [0, 0.1) is 6.92 Å². The maximum atomic E-state index is 12.4. The topological polar surface area (TPSA) is 77.2 Å². The van der Waals surface area contributed by atoms with Crippen LogP contribution in [-0.4, -0.2) is 23.0 Å². The summed E-state index contributed by atoms with van der Waals surface area (Å²) in [5, 5.41) is 5.26. The summed E-state index contributed by atoms with van der Waals surface area (Å²) in [6.45, 7) is 2.01. The van der Waals surface area contributed by atoms with Crippen LogP contribution in [0.5, 0.6) is 5.75 Å². The summed E-state index contributed by atoms with van der Waals surface area (Å²) in [7, 11) is 1.63. The van der Waals surface area contributed by atoms with Crippen LogP contribution in [0.15, 0.2) is 64.6 Å². The van der Waals surface area contributed by atoms with Gasteiger partial charge in [-0.2, -0.15) is 0 Å². The fourth-order valence-corrected chi connectivity index (χ4v) is 3.63. The Kier molecular flexibility index (Phi) is 5.39. The van der Waals surface area contributed by atoms with E-state index in [1.165, 1.54) is 17.6 Å². The standard InChI is InChI=1S/C22H19N3O3S/c1-14-8-9-19(27-2)17(10-14)18-13-29-22(24-18)25-20(26)11-16-12-28-21(23-16)15-6-4-3-5-7-15/h3-10,12-13H,11H2,1-2H3,(H,24,25,26). The number of oxazole rings is 1. The molecule has 0 aliphatic carbocycles. The van der Waals surface area contributed by atoms with Crippen molar-refractivity contribution < 1.29 is 13.9 Å². The first-order valence-corrected chi connectivity index (χ1v) is 9.90. The molecular weight excluding hydrogens is 386 g/mol. The number of amides is 1. The summed E-state index contributed by atoms with van der Waals surface area (Å²) < 4.78 is 10.9. The molecule has 4 aromatic rings. The van der Waals surface area contributed by atoms with Crippen molar-refractivity contribution in [2.24, 2.45) is 0 Å². The Bertz CT molecular complexity index is 1140. The molecule has 4 rings (SSSR count). The summed E-state index contributed by atoms with van der Waals surface area (Å²) in [4.78, 5) is 21.3. The molecule has 0 atom stereocenters. The molecule has 29 heavy (non-hydrogen) atoms. The van der Waals surface area contributed by atoms with Crippen molar-refractivity contribution in [3.63, 3.8) is 0 Å². The van der Waals surface area contributed by atoms with E-state index in [1.807, 2.05) is 60.8 Å². The quantitative estimate of drug-likeness (QED) is 0.490. The van der Waals surface area contributed by atoms with Crippen LogP contribution >= 0.6 is 11.3 Å². The average molecular weight is 405 g/mol. The number of thiazole rings is 1. The molecule has 0 saturated heterocycles. The SMILES string of the molecule is COc1ccc(C)cc1-c1csc(NC(=O)Cc2coc(-c3ccccc3)n2)n1. The molecule has 0 spiro atoms. The fraction of sp³-hybridized carbons (Fsp3) is 0.136. The van der Waals surface area contributed by atoms with Gasteiger partial charge in [-0.3, -0.25) is 4.79 Å². The highest BCUT2D eigenvalue weighted by Gasteiger charge is 2.14. The predicted octanol–water partition coefficient (Wildman–Crippen LogP) is 4.96. The van der Waals surface area contributed by atoms with Gasteiger partial charge < -0.3 is 14.5 Å². The second-order valence-electron chi connectivity index (χ2n) is 6.48. The van der Waals surface area contributed by atoms with Crippen LogP contribution in [0.1, 0.15) is 11.3 Å². The molecule has 0 radical (unpaired) electrons. The van der Waals surface area contributed by atoms with Crippen LogP contribution in [0.2, 0.25) is 0 Å². The highest BCUT2D eigenvalue weighted by atomic mass is 32.1. The minimum Gasteiger partial charge on any atom is -0.496 e. The summed E-state index contributed by atoms with van der Waals surface area (Å²) in [6, 6.07) is 15.5. The number of carbonyl (C=O) groups excluding carboxylic acids is 1. The number of benzene rings is 2. The van der Waals surface area contributed by atoms with E-state index in [0.717, 1.165) is 28.1 Å². The predicted molar refractivity (Wildman–Crippen MR) is 113 cm³/mol. The van der Waals surface area contributed by atoms with E-state index in [4.69, 9.17) is 9.15 Å². The first-order valence-electron chi connectivity index (χ1n) is 9.02.